The summed E-state index contributed by atoms with van der Waals surface area (Å²) in [6, 6.07) is 5.84. The molecule has 1 unspecified atom stereocenters. The molecular formula is C15H20F3N. The van der Waals surface area contributed by atoms with E-state index in [4.69, 9.17) is 0 Å². The SMILES string of the molecule is CC1(C)CCCCC1Nc1ccccc1C(F)(F)F. The van der Waals surface area contributed by atoms with E-state index < -0.39 is 11.7 Å². The molecule has 0 spiro atoms. The van der Waals surface area contributed by atoms with Crippen LogP contribution in [0.1, 0.15) is 45.1 Å². The van der Waals surface area contributed by atoms with Gasteiger partial charge in [-0.2, -0.15) is 13.2 Å². The van der Waals surface area contributed by atoms with Crippen molar-refractivity contribution in [3.8, 4) is 0 Å². The molecule has 1 aliphatic rings. The van der Waals surface area contributed by atoms with Crippen molar-refractivity contribution in [2.24, 2.45) is 5.41 Å². The highest BCUT2D eigenvalue weighted by atomic mass is 19.4. The Hall–Kier alpha value is -1.19. The van der Waals surface area contributed by atoms with E-state index >= 15 is 0 Å². The molecule has 4 heteroatoms. The second-order valence-corrected chi connectivity index (χ2v) is 5.97. The molecule has 1 aliphatic carbocycles. The molecule has 19 heavy (non-hydrogen) atoms. The Balaban J connectivity index is 2.24. The number of halogens is 3. The Bertz CT molecular complexity index is 437. The van der Waals surface area contributed by atoms with Gasteiger partial charge in [0.25, 0.3) is 0 Å². The first-order valence-electron chi connectivity index (χ1n) is 6.73. The van der Waals surface area contributed by atoms with Gasteiger partial charge in [0, 0.05) is 11.7 Å². The third-order valence-corrected chi connectivity index (χ3v) is 4.07. The summed E-state index contributed by atoms with van der Waals surface area (Å²) in [5.74, 6) is 0. The molecular weight excluding hydrogens is 251 g/mol. The Morgan fingerprint density at radius 1 is 1.16 bits per heavy atom. The topological polar surface area (TPSA) is 12.0 Å². The highest BCUT2D eigenvalue weighted by Gasteiger charge is 2.36. The van der Waals surface area contributed by atoms with Gasteiger partial charge in [-0.25, -0.2) is 0 Å². The summed E-state index contributed by atoms with van der Waals surface area (Å²) in [5, 5.41) is 3.13. The van der Waals surface area contributed by atoms with Crippen molar-refractivity contribution in [2.45, 2.75) is 51.7 Å². The fourth-order valence-corrected chi connectivity index (χ4v) is 2.81. The van der Waals surface area contributed by atoms with Gasteiger partial charge in [-0.15, -0.1) is 0 Å². The van der Waals surface area contributed by atoms with E-state index in [-0.39, 0.29) is 17.1 Å². The number of anilines is 1. The molecule has 2 rings (SSSR count). The largest absolute Gasteiger partial charge is 0.418 e. The van der Waals surface area contributed by atoms with Crippen LogP contribution in [-0.2, 0) is 6.18 Å². The molecule has 1 fully saturated rings. The quantitative estimate of drug-likeness (QED) is 0.790. The zero-order chi connectivity index (χ0) is 14.1. The third-order valence-electron chi connectivity index (χ3n) is 4.07. The van der Waals surface area contributed by atoms with E-state index in [2.05, 4.69) is 19.2 Å². The Morgan fingerprint density at radius 2 is 1.84 bits per heavy atom. The molecule has 0 aliphatic heterocycles. The van der Waals surface area contributed by atoms with Crippen molar-refractivity contribution in [1.29, 1.82) is 0 Å². The monoisotopic (exact) mass is 271 g/mol. The Kier molecular flexibility index (Phi) is 3.79. The second kappa shape index (κ2) is 5.06. The van der Waals surface area contributed by atoms with E-state index in [1.165, 1.54) is 12.1 Å². The van der Waals surface area contributed by atoms with Crippen molar-refractivity contribution in [1.82, 2.24) is 0 Å². The average molecular weight is 271 g/mol. The molecule has 0 amide bonds. The normalized spacial score (nSPS) is 23.1. The Labute approximate surface area is 112 Å². The molecule has 1 saturated carbocycles. The predicted octanol–water partition coefficient (Wildman–Crippen LogP) is 5.09. The van der Waals surface area contributed by atoms with Gasteiger partial charge in [-0.05, 0) is 30.4 Å². The molecule has 1 N–H and O–H groups in total. The standard InChI is InChI=1S/C15H20F3N/c1-14(2)10-6-5-9-13(14)19-12-8-4-3-7-11(12)15(16,17)18/h3-4,7-8,13,19H,5-6,9-10H2,1-2H3. The van der Waals surface area contributed by atoms with Crippen LogP contribution < -0.4 is 5.32 Å². The highest BCUT2D eigenvalue weighted by molar-refractivity contribution is 5.53. The van der Waals surface area contributed by atoms with E-state index in [0.717, 1.165) is 31.7 Å². The maximum Gasteiger partial charge on any atom is 0.418 e. The van der Waals surface area contributed by atoms with E-state index in [9.17, 15) is 13.2 Å². The third kappa shape index (κ3) is 3.23. The smallest absolute Gasteiger partial charge is 0.381 e. The van der Waals surface area contributed by atoms with Crippen LogP contribution >= 0.6 is 0 Å². The molecule has 1 nitrogen and oxygen atoms in total. The van der Waals surface area contributed by atoms with Crippen LogP contribution in [0.2, 0.25) is 0 Å². The summed E-state index contributed by atoms with van der Waals surface area (Å²) in [6.45, 7) is 4.25. The van der Waals surface area contributed by atoms with Gasteiger partial charge in [0.15, 0.2) is 0 Å². The van der Waals surface area contributed by atoms with E-state index in [1.54, 1.807) is 6.07 Å². The van der Waals surface area contributed by atoms with Gasteiger partial charge in [-0.3, -0.25) is 0 Å². The van der Waals surface area contributed by atoms with Crippen LogP contribution in [-0.4, -0.2) is 6.04 Å². The van der Waals surface area contributed by atoms with Crippen molar-refractivity contribution in [2.75, 3.05) is 5.32 Å². The van der Waals surface area contributed by atoms with Gasteiger partial charge in [-0.1, -0.05) is 38.8 Å². The molecule has 1 aromatic carbocycles. The number of benzene rings is 1. The molecule has 1 aromatic rings. The summed E-state index contributed by atoms with van der Waals surface area (Å²) in [6.07, 6.45) is -0.0815. The summed E-state index contributed by atoms with van der Waals surface area (Å²) >= 11 is 0. The van der Waals surface area contributed by atoms with Crippen LogP contribution in [0.5, 0.6) is 0 Å². The minimum atomic E-state index is -4.30. The first kappa shape index (κ1) is 14.2. The van der Waals surface area contributed by atoms with Crippen LogP contribution in [0, 0.1) is 5.41 Å². The Morgan fingerprint density at radius 3 is 2.47 bits per heavy atom. The molecule has 0 aromatic heterocycles. The summed E-state index contributed by atoms with van der Waals surface area (Å²) in [4.78, 5) is 0. The predicted molar refractivity (Wildman–Crippen MR) is 71.1 cm³/mol. The van der Waals surface area contributed by atoms with Crippen molar-refractivity contribution in [3.05, 3.63) is 29.8 Å². The molecule has 1 atom stereocenters. The van der Waals surface area contributed by atoms with Gasteiger partial charge in [0.1, 0.15) is 0 Å². The number of rotatable bonds is 2. The van der Waals surface area contributed by atoms with Crippen LogP contribution in [0.15, 0.2) is 24.3 Å². The molecule has 0 bridgehead atoms. The number of hydrogen-bond donors (Lipinski definition) is 1. The maximum absolute atomic E-state index is 13.0. The lowest BCUT2D eigenvalue weighted by molar-refractivity contribution is -0.137. The number of alkyl halides is 3. The van der Waals surface area contributed by atoms with Crippen LogP contribution in [0.25, 0.3) is 0 Å². The molecule has 0 saturated heterocycles. The minimum Gasteiger partial charge on any atom is -0.381 e. The second-order valence-electron chi connectivity index (χ2n) is 5.97. The summed E-state index contributed by atoms with van der Waals surface area (Å²) in [5.41, 5.74) is -0.330. The van der Waals surface area contributed by atoms with Gasteiger partial charge < -0.3 is 5.32 Å². The summed E-state index contributed by atoms with van der Waals surface area (Å²) < 4.78 is 38.9. The van der Waals surface area contributed by atoms with Gasteiger partial charge in [0.2, 0.25) is 0 Å². The zero-order valence-corrected chi connectivity index (χ0v) is 11.3. The van der Waals surface area contributed by atoms with Crippen molar-refractivity contribution < 1.29 is 13.2 Å². The minimum absolute atomic E-state index is 0.0387. The number of para-hydroxylation sites is 1. The first-order chi connectivity index (χ1) is 8.81. The summed E-state index contributed by atoms with van der Waals surface area (Å²) in [7, 11) is 0. The van der Waals surface area contributed by atoms with Gasteiger partial charge >= 0.3 is 6.18 Å². The van der Waals surface area contributed by atoms with Crippen LogP contribution in [0.3, 0.4) is 0 Å². The maximum atomic E-state index is 13.0. The van der Waals surface area contributed by atoms with E-state index in [1.807, 2.05) is 0 Å². The van der Waals surface area contributed by atoms with Crippen LogP contribution in [0.4, 0.5) is 18.9 Å². The first-order valence-corrected chi connectivity index (χ1v) is 6.73. The lowest BCUT2D eigenvalue weighted by atomic mass is 9.73. The number of nitrogens with one attached hydrogen (secondary N) is 1. The van der Waals surface area contributed by atoms with E-state index in [0.29, 0.717) is 0 Å². The fourth-order valence-electron chi connectivity index (χ4n) is 2.81. The average Bonchev–Trinajstić information content (AvgIpc) is 2.31. The molecule has 106 valence electrons. The highest BCUT2D eigenvalue weighted by Crippen LogP contribution is 2.40. The number of hydrogen-bond acceptors (Lipinski definition) is 1. The lowest BCUT2D eigenvalue weighted by Crippen LogP contribution is -2.39. The van der Waals surface area contributed by atoms with Crippen molar-refractivity contribution >= 4 is 5.69 Å². The molecule has 0 radical (unpaired) electrons. The van der Waals surface area contributed by atoms with Gasteiger partial charge in [0.05, 0.1) is 5.56 Å². The molecule has 0 heterocycles. The lowest BCUT2D eigenvalue weighted by Gasteiger charge is -2.40. The fraction of sp³-hybridized carbons (Fsp3) is 0.600. The van der Waals surface area contributed by atoms with Crippen molar-refractivity contribution in [3.63, 3.8) is 0 Å². The zero-order valence-electron chi connectivity index (χ0n) is 11.3.